The molecule has 0 amide bonds. The fraction of sp³-hybridized carbons (Fsp3) is 0.273. The van der Waals surface area contributed by atoms with Crippen molar-refractivity contribution in [3.8, 4) is 0 Å². The summed E-state index contributed by atoms with van der Waals surface area (Å²) in [5, 5.41) is 12.6. The molecule has 0 saturated carbocycles. The predicted octanol–water partition coefficient (Wildman–Crippen LogP) is 2.02. The molecule has 0 saturated heterocycles. The van der Waals surface area contributed by atoms with Crippen LogP contribution in [-0.4, -0.2) is 26.2 Å². The average molecular weight is 265 g/mol. The van der Waals surface area contributed by atoms with E-state index in [2.05, 4.69) is 15.1 Å². The van der Waals surface area contributed by atoms with Crippen molar-refractivity contribution in [2.45, 2.75) is 24.0 Å². The van der Waals surface area contributed by atoms with Crippen LogP contribution in [0, 0.1) is 0 Å². The Morgan fingerprint density at radius 2 is 2.39 bits per heavy atom. The Morgan fingerprint density at radius 3 is 3.06 bits per heavy atom. The second-order valence-electron chi connectivity index (χ2n) is 3.43. The lowest BCUT2D eigenvalue weighted by molar-refractivity contribution is 0.0690. The van der Waals surface area contributed by atoms with Gasteiger partial charge in [0.2, 0.25) is 5.89 Å². The highest BCUT2D eigenvalue weighted by atomic mass is 32.2. The minimum atomic E-state index is -1.04. The van der Waals surface area contributed by atoms with Crippen molar-refractivity contribution < 1.29 is 14.4 Å². The van der Waals surface area contributed by atoms with Gasteiger partial charge >= 0.3 is 5.97 Å². The largest absolute Gasteiger partial charge is 0.477 e. The number of carboxylic acid groups (broad SMARTS) is 1. The van der Waals surface area contributed by atoms with Crippen LogP contribution in [0.15, 0.2) is 27.7 Å². The first kappa shape index (κ1) is 12.6. The third-order valence-electron chi connectivity index (χ3n) is 2.13. The molecule has 0 aliphatic carbocycles. The number of hydrogen-bond acceptors (Lipinski definition) is 6. The lowest BCUT2D eigenvalue weighted by atomic mass is 10.3. The zero-order valence-corrected chi connectivity index (χ0v) is 10.5. The average Bonchev–Trinajstić information content (AvgIpc) is 2.84. The highest BCUT2D eigenvalue weighted by Crippen LogP contribution is 2.21. The standard InChI is InChI=1S/C11H11N3O3S/c1-2-10-13-9(14-17-10)6-18-7-3-4-12-8(5-7)11(15)16/h3-5H,2,6H2,1H3,(H,15,16). The number of carboxylic acids is 1. The van der Waals surface area contributed by atoms with Crippen molar-refractivity contribution in [3.63, 3.8) is 0 Å². The fourth-order valence-corrected chi connectivity index (χ4v) is 2.02. The van der Waals surface area contributed by atoms with Crippen LogP contribution >= 0.6 is 11.8 Å². The van der Waals surface area contributed by atoms with E-state index in [1.165, 1.54) is 24.0 Å². The molecule has 7 heteroatoms. The van der Waals surface area contributed by atoms with Gasteiger partial charge in [-0.1, -0.05) is 12.1 Å². The Balaban J connectivity index is 2.01. The summed E-state index contributed by atoms with van der Waals surface area (Å²) in [4.78, 5) is 19.5. The molecule has 2 rings (SSSR count). The second-order valence-corrected chi connectivity index (χ2v) is 4.48. The van der Waals surface area contributed by atoms with Gasteiger partial charge in [-0.05, 0) is 12.1 Å². The van der Waals surface area contributed by atoms with E-state index in [0.29, 0.717) is 23.9 Å². The van der Waals surface area contributed by atoms with E-state index in [4.69, 9.17) is 9.63 Å². The number of thioether (sulfide) groups is 1. The Hall–Kier alpha value is -1.89. The molecule has 1 N–H and O–H groups in total. The van der Waals surface area contributed by atoms with E-state index in [1.807, 2.05) is 6.92 Å². The summed E-state index contributed by atoms with van der Waals surface area (Å²) in [5.41, 5.74) is 0.0300. The molecule has 0 aliphatic rings. The van der Waals surface area contributed by atoms with Crippen molar-refractivity contribution in [3.05, 3.63) is 35.7 Å². The Bertz CT molecular complexity index is 556. The Kier molecular flexibility index (Phi) is 3.93. The summed E-state index contributed by atoms with van der Waals surface area (Å²) in [6, 6.07) is 3.27. The summed E-state index contributed by atoms with van der Waals surface area (Å²) < 4.78 is 4.98. The van der Waals surface area contributed by atoms with Crippen molar-refractivity contribution in [2.75, 3.05) is 0 Å². The van der Waals surface area contributed by atoms with Gasteiger partial charge < -0.3 is 9.63 Å². The normalized spacial score (nSPS) is 10.5. The third kappa shape index (κ3) is 3.07. The van der Waals surface area contributed by atoms with Crippen molar-refractivity contribution in [1.29, 1.82) is 0 Å². The molecule has 0 fully saturated rings. The van der Waals surface area contributed by atoms with Gasteiger partial charge in [0.25, 0.3) is 0 Å². The Morgan fingerprint density at radius 1 is 1.56 bits per heavy atom. The lowest BCUT2D eigenvalue weighted by Gasteiger charge is -1.99. The molecular weight excluding hydrogens is 254 g/mol. The van der Waals surface area contributed by atoms with Gasteiger partial charge in [-0.3, -0.25) is 0 Å². The number of aryl methyl sites for hydroxylation is 1. The van der Waals surface area contributed by atoms with Crippen LogP contribution in [0.2, 0.25) is 0 Å². The van der Waals surface area contributed by atoms with Gasteiger partial charge in [0.1, 0.15) is 5.69 Å². The Labute approximate surface area is 107 Å². The molecule has 0 unspecified atom stereocenters. The quantitative estimate of drug-likeness (QED) is 0.827. The minimum absolute atomic E-state index is 0.0300. The van der Waals surface area contributed by atoms with Gasteiger partial charge in [0.05, 0.1) is 5.75 Å². The minimum Gasteiger partial charge on any atom is -0.477 e. The van der Waals surface area contributed by atoms with E-state index in [0.717, 1.165) is 4.90 Å². The molecular formula is C11H11N3O3S. The molecule has 6 nitrogen and oxygen atoms in total. The summed E-state index contributed by atoms with van der Waals surface area (Å²) in [5.74, 6) is 0.703. The zero-order valence-electron chi connectivity index (χ0n) is 9.66. The summed E-state index contributed by atoms with van der Waals surface area (Å²) in [7, 11) is 0. The molecule has 0 atom stereocenters. The number of rotatable bonds is 5. The van der Waals surface area contributed by atoms with Crippen LogP contribution in [-0.2, 0) is 12.2 Å². The highest BCUT2D eigenvalue weighted by molar-refractivity contribution is 7.98. The molecule has 2 aromatic heterocycles. The van der Waals surface area contributed by atoms with Crippen LogP contribution in [0.1, 0.15) is 29.1 Å². The SMILES string of the molecule is CCc1nc(CSc2ccnc(C(=O)O)c2)no1. The zero-order chi connectivity index (χ0) is 13.0. The number of nitrogens with zero attached hydrogens (tertiary/aromatic N) is 3. The molecule has 0 spiro atoms. The molecule has 0 aromatic carbocycles. The monoisotopic (exact) mass is 265 g/mol. The smallest absolute Gasteiger partial charge is 0.354 e. The topological polar surface area (TPSA) is 89.1 Å². The van der Waals surface area contributed by atoms with E-state index >= 15 is 0 Å². The van der Waals surface area contributed by atoms with Crippen molar-refractivity contribution in [1.82, 2.24) is 15.1 Å². The van der Waals surface area contributed by atoms with E-state index in [9.17, 15) is 4.79 Å². The number of aromatic nitrogens is 3. The summed E-state index contributed by atoms with van der Waals surface area (Å²) in [6.45, 7) is 1.94. The third-order valence-corrected chi connectivity index (χ3v) is 3.12. The number of aromatic carboxylic acids is 1. The number of pyridine rings is 1. The van der Waals surface area contributed by atoms with Crippen LogP contribution < -0.4 is 0 Å². The van der Waals surface area contributed by atoms with Crippen LogP contribution in [0.4, 0.5) is 0 Å². The molecule has 0 bridgehead atoms. The molecule has 2 aromatic rings. The van der Waals surface area contributed by atoms with Gasteiger partial charge in [0.15, 0.2) is 5.82 Å². The summed E-state index contributed by atoms with van der Waals surface area (Å²) >= 11 is 1.44. The van der Waals surface area contributed by atoms with E-state index in [-0.39, 0.29) is 5.69 Å². The maximum absolute atomic E-state index is 10.8. The molecule has 0 aliphatic heterocycles. The fourth-order valence-electron chi connectivity index (χ4n) is 1.26. The molecule has 18 heavy (non-hydrogen) atoms. The van der Waals surface area contributed by atoms with Gasteiger partial charge in [-0.25, -0.2) is 9.78 Å². The second kappa shape index (κ2) is 5.63. The first-order chi connectivity index (χ1) is 8.69. The predicted molar refractivity (Wildman–Crippen MR) is 64.4 cm³/mol. The highest BCUT2D eigenvalue weighted by Gasteiger charge is 2.08. The first-order valence-corrected chi connectivity index (χ1v) is 6.31. The maximum Gasteiger partial charge on any atom is 0.354 e. The maximum atomic E-state index is 10.8. The summed E-state index contributed by atoms with van der Waals surface area (Å²) in [6.07, 6.45) is 2.18. The van der Waals surface area contributed by atoms with E-state index in [1.54, 1.807) is 6.07 Å². The van der Waals surface area contributed by atoms with Gasteiger partial charge in [0, 0.05) is 17.5 Å². The molecule has 0 radical (unpaired) electrons. The van der Waals surface area contributed by atoms with E-state index < -0.39 is 5.97 Å². The van der Waals surface area contributed by atoms with Gasteiger partial charge in [-0.2, -0.15) is 4.98 Å². The van der Waals surface area contributed by atoms with Crippen molar-refractivity contribution in [2.24, 2.45) is 0 Å². The van der Waals surface area contributed by atoms with Crippen molar-refractivity contribution >= 4 is 17.7 Å². The molecule has 94 valence electrons. The first-order valence-electron chi connectivity index (χ1n) is 5.32. The van der Waals surface area contributed by atoms with Crippen LogP contribution in [0.25, 0.3) is 0 Å². The number of carbonyl (C=O) groups is 1. The van der Waals surface area contributed by atoms with Crippen LogP contribution in [0.3, 0.4) is 0 Å². The van der Waals surface area contributed by atoms with Gasteiger partial charge in [-0.15, -0.1) is 11.8 Å². The molecule has 2 heterocycles. The lowest BCUT2D eigenvalue weighted by Crippen LogP contribution is -1.99. The number of hydrogen-bond donors (Lipinski definition) is 1. The van der Waals surface area contributed by atoms with Crippen LogP contribution in [0.5, 0.6) is 0 Å².